The molecule has 3 aromatic rings. The second-order valence-electron chi connectivity index (χ2n) is 9.22. The van der Waals surface area contributed by atoms with E-state index in [1.165, 1.54) is 11.8 Å². The van der Waals surface area contributed by atoms with Gasteiger partial charge in [0, 0.05) is 30.4 Å². The van der Waals surface area contributed by atoms with Gasteiger partial charge >= 0.3 is 0 Å². The molecule has 1 aliphatic carbocycles. The van der Waals surface area contributed by atoms with Gasteiger partial charge in [0.05, 0.1) is 12.2 Å². The molecular formula is C28H29N3O4. The first kappa shape index (κ1) is 22.9. The molecule has 2 N–H and O–H groups in total. The molecule has 35 heavy (non-hydrogen) atoms. The fourth-order valence-corrected chi connectivity index (χ4v) is 5.19. The van der Waals surface area contributed by atoms with E-state index in [4.69, 9.17) is 4.42 Å². The summed E-state index contributed by atoms with van der Waals surface area (Å²) in [5.74, 6) is -0.738. The topological polar surface area (TPSA) is 91.7 Å². The lowest BCUT2D eigenvalue weighted by atomic mass is 9.77. The van der Waals surface area contributed by atoms with Crippen molar-refractivity contribution in [3.63, 3.8) is 0 Å². The molecule has 5 rings (SSSR count). The molecule has 7 heteroatoms. The number of furan rings is 1. The fourth-order valence-electron chi connectivity index (χ4n) is 5.19. The molecule has 0 unspecified atom stereocenters. The highest BCUT2D eigenvalue weighted by Gasteiger charge is 2.39. The molecular weight excluding hydrogens is 442 g/mol. The average Bonchev–Trinajstić information content (AvgIpc) is 3.58. The van der Waals surface area contributed by atoms with Crippen LogP contribution in [0.25, 0.3) is 0 Å². The molecule has 1 saturated carbocycles. The Morgan fingerprint density at radius 3 is 2.60 bits per heavy atom. The first-order chi connectivity index (χ1) is 17.1. The maximum Gasteiger partial charge on any atom is 0.291 e. The predicted octanol–water partition coefficient (Wildman–Crippen LogP) is 4.54. The van der Waals surface area contributed by atoms with Gasteiger partial charge in [-0.1, -0.05) is 43.2 Å². The van der Waals surface area contributed by atoms with Crippen LogP contribution in [0.1, 0.15) is 47.4 Å². The Bertz CT molecular complexity index is 1220. The number of para-hydroxylation sites is 1. The Kier molecular flexibility index (Phi) is 6.66. The van der Waals surface area contributed by atoms with Crippen molar-refractivity contribution >= 4 is 29.1 Å². The van der Waals surface area contributed by atoms with Crippen molar-refractivity contribution in [2.75, 3.05) is 16.8 Å². The van der Waals surface area contributed by atoms with Crippen LogP contribution in [0.15, 0.2) is 71.3 Å². The van der Waals surface area contributed by atoms with Crippen molar-refractivity contribution in [1.29, 1.82) is 0 Å². The van der Waals surface area contributed by atoms with E-state index < -0.39 is 0 Å². The smallest absolute Gasteiger partial charge is 0.291 e. The molecule has 0 spiro atoms. The summed E-state index contributed by atoms with van der Waals surface area (Å²) in [6.07, 6.45) is 5.69. The third-order valence-corrected chi connectivity index (χ3v) is 6.97. The quantitative estimate of drug-likeness (QED) is 0.552. The zero-order valence-corrected chi connectivity index (χ0v) is 19.5. The molecule has 2 aromatic carbocycles. The Hall–Kier alpha value is -3.87. The van der Waals surface area contributed by atoms with Crippen LogP contribution in [0.2, 0.25) is 0 Å². The first-order valence-corrected chi connectivity index (χ1v) is 12.2. The minimum Gasteiger partial charge on any atom is -0.459 e. The first-order valence-electron chi connectivity index (χ1n) is 12.2. The molecule has 180 valence electrons. The molecule has 1 fully saturated rings. The maximum atomic E-state index is 13.5. The molecule has 2 heterocycles. The number of benzene rings is 2. The van der Waals surface area contributed by atoms with Gasteiger partial charge in [0.2, 0.25) is 11.8 Å². The highest BCUT2D eigenvalue weighted by atomic mass is 16.3. The third-order valence-electron chi connectivity index (χ3n) is 6.97. The number of anilines is 2. The van der Waals surface area contributed by atoms with Crippen molar-refractivity contribution in [2.45, 2.75) is 38.6 Å². The van der Waals surface area contributed by atoms with E-state index in [2.05, 4.69) is 16.7 Å². The third kappa shape index (κ3) is 4.99. The number of carbonyl (C=O) groups is 3. The van der Waals surface area contributed by atoms with Crippen LogP contribution in [-0.2, 0) is 22.6 Å². The summed E-state index contributed by atoms with van der Waals surface area (Å²) in [6.45, 7) is 1.01. The van der Waals surface area contributed by atoms with E-state index in [9.17, 15) is 14.4 Å². The van der Waals surface area contributed by atoms with Crippen molar-refractivity contribution < 1.29 is 18.8 Å². The number of rotatable bonds is 6. The summed E-state index contributed by atoms with van der Waals surface area (Å²) in [5.41, 5.74) is 3.66. The average molecular weight is 472 g/mol. The minimum atomic E-state index is -0.330. The highest BCUT2D eigenvalue weighted by molar-refractivity contribution is 6.02. The molecule has 2 atom stereocenters. The minimum absolute atomic E-state index is 0.0671. The summed E-state index contributed by atoms with van der Waals surface area (Å²) in [4.78, 5) is 40.8. The number of nitrogens with one attached hydrogen (secondary N) is 2. The lowest BCUT2D eigenvalue weighted by Crippen LogP contribution is -2.45. The summed E-state index contributed by atoms with van der Waals surface area (Å²) in [6, 6.07) is 18.6. The van der Waals surface area contributed by atoms with Crippen LogP contribution in [0.5, 0.6) is 0 Å². The van der Waals surface area contributed by atoms with Crippen LogP contribution in [-0.4, -0.2) is 24.3 Å². The van der Waals surface area contributed by atoms with Gasteiger partial charge in [0.25, 0.3) is 5.91 Å². The van der Waals surface area contributed by atoms with Gasteiger partial charge in [-0.25, -0.2) is 0 Å². The van der Waals surface area contributed by atoms with Crippen molar-refractivity contribution in [2.24, 2.45) is 11.8 Å². The largest absolute Gasteiger partial charge is 0.459 e. The molecule has 3 amide bonds. The van der Waals surface area contributed by atoms with Gasteiger partial charge in [0.1, 0.15) is 0 Å². The summed E-state index contributed by atoms with van der Waals surface area (Å²) < 4.78 is 5.13. The molecule has 7 nitrogen and oxygen atoms in total. The Morgan fingerprint density at radius 2 is 1.77 bits per heavy atom. The monoisotopic (exact) mass is 471 g/mol. The van der Waals surface area contributed by atoms with Gasteiger partial charge in [0.15, 0.2) is 5.76 Å². The van der Waals surface area contributed by atoms with Crippen LogP contribution in [0, 0.1) is 11.8 Å². The number of nitrogens with zero attached hydrogens (tertiary/aromatic N) is 1. The van der Waals surface area contributed by atoms with Crippen LogP contribution >= 0.6 is 0 Å². The summed E-state index contributed by atoms with van der Waals surface area (Å²) in [5, 5.41) is 5.83. The van der Waals surface area contributed by atoms with E-state index in [0.29, 0.717) is 18.8 Å². The van der Waals surface area contributed by atoms with Gasteiger partial charge in [-0.05, 0) is 60.7 Å². The number of hydrogen-bond donors (Lipinski definition) is 2. The SMILES string of the molecule is O=C(Nc1cccc(CNC(=O)[C@H]2CCCC[C@@H]2C(=O)N2CCc3ccccc32)c1)c1ccco1. The zero-order valence-electron chi connectivity index (χ0n) is 19.5. The molecule has 2 aliphatic rings. The summed E-state index contributed by atoms with van der Waals surface area (Å²) in [7, 11) is 0. The Balaban J connectivity index is 1.22. The van der Waals surface area contributed by atoms with Crippen molar-refractivity contribution in [1.82, 2.24) is 5.32 Å². The second kappa shape index (κ2) is 10.2. The lowest BCUT2D eigenvalue weighted by Gasteiger charge is -2.32. The molecule has 1 aromatic heterocycles. The lowest BCUT2D eigenvalue weighted by molar-refractivity contribution is -0.135. The zero-order chi connectivity index (χ0) is 24.2. The predicted molar refractivity (Wildman–Crippen MR) is 133 cm³/mol. The van der Waals surface area contributed by atoms with E-state index in [1.54, 1.807) is 18.2 Å². The number of fused-ring (bicyclic) bond motifs is 1. The van der Waals surface area contributed by atoms with E-state index in [0.717, 1.165) is 43.4 Å². The van der Waals surface area contributed by atoms with Gasteiger partial charge in [-0.2, -0.15) is 0 Å². The van der Waals surface area contributed by atoms with Gasteiger partial charge in [-0.15, -0.1) is 0 Å². The number of amides is 3. The Labute approximate surface area is 204 Å². The summed E-state index contributed by atoms with van der Waals surface area (Å²) >= 11 is 0. The van der Waals surface area contributed by atoms with Crippen molar-refractivity contribution in [3.05, 3.63) is 83.8 Å². The van der Waals surface area contributed by atoms with E-state index in [-0.39, 0.29) is 35.3 Å². The molecule has 0 bridgehead atoms. The second-order valence-corrected chi connectivity index (χ2v) is 9.22. The standard InChI is InChI=1S/C28H29N3O4/c32-26(29-18-19-7-5-9-21(17-19)30-27(33)25-13-6-16-35-25)22-10-2-3-11-23(22)28(34)31-15-14-20-8-1-4-12-24(20)31/h1,4-9,12-13,16-17,22-23H,2-3,10-11,14-15,18H2,(H,29,32)(H,30,33)/t22-,23-/m0/s1. The van der Waals surface area contributed by atoms with Crippen LogP contribution < -0.4 is 15.5 Å². The number of hydrogen-bond acceptors (Lipinski definition) is 4. The normalized spacial score (nSPS) is 19.1. The Morgan fingerprint density at radius 1 is 0.943 bits per heavy atom. The highest BCUT2D eigenvalue weighted by Crippen LogP contribution is 2.36. The fraction of sp³-hybridized carbons (Fsp3) is 0.321. The van der Waals surface area contributed by atoms with E-state index >= 15 is 0 Å². The van der Waals surface area contributed by atoms with E-state index in [1.807, 2.05) is 41.3 Å². The van der Waals surface area contributed by atoms with Crippen LogP contribution in [0.4, 0.5) is 11.4 Å². The van der Waals surface area contributed by atoms with Gasteiger partial charge < -0.3 is 20.0 Å². The maximum absolute atomic E-state index is 13.5. The molecule has 1 aliphatic heterocycles. The molecule has 0 radical (unpaired) electrons. The number of carbonyl (C=O) groups excluding carboxylic acids is 3. The van der Waals surface area contributed by atoms with Crippen LogP contribution in [0.3, 0.4) is 0 Å². The molecule has 0 saturated heterocycles. The van der Waals surface area contributed by atoms with Gasteiger partial charge in [-0.3, -0.25) is 14.4 Å². The van der Waals surface area contributed by atoms with Crippen molar-refractivity contribution in [3.8, 4) is 0 Å².